The number of hydrogen-bond donors (Lipinski definition) is 14. The molecule has 2 aliphatic heterocycles. The molecule has 0 spiro atoms. The first-order chi connectivity index (χ1) is 45.4. The van der Waals surface area contributed by atoms with E-state index in [2.05, 4.69) is 52.8 Å². The second-order valence-corrected chi connectivity index (χ2v) is 25.0. The summed E-state index contributed by atoms with van der Waals surface area (Å²) >= 11 is 0. The topological polar surface area (TPSA) is 430 Å². The van der Waals surface area contributed by atoms with Crippen LogP contribution in [0.1, 0.15) is 101 Å². The lowest BCUT2D eigenvalue weighted by Gasteiger charge is -2.32. The number of amides is 12. The van der Waals surface area contributed by atoms with Crippen molar-refractivity contribution in [3.05, 3.63) is 138 Å². The maximum atomic E-state index is 15.2. The van der Waals surface area contributed by atoms with Crippen LogP contribution in [0.4, 0.5) is 0 Å². The average Bonchev–Trinajstić information content (AvgIpc) is 1.61. The van der Waals surface area contributed by atoms with Gasteiger partial charge in [0, 0.05) is 55.7 Å². The molecule has 0 bridgehead atoms. The standard InChI is InChI=1S/C68H88N14O13.ClH/c1-38(2)31-49-61(88)80-54(34-41-17-9-6-10-18-41)68(95)82-30-14-22-55(82)66(93)79-52(35-43-37-72-46-20-12-11-19-45(43)46)63(90)77-50(32-40-15-7-5-8-16-40)62(89)78-53(36-57(71)85)64(91)73-48(27-28-56(70)84)60(87)76-51(33-42-23-25-44(83)26-24-42)65(92)81-58(39(3)4)67(94)74-47(21-13-29-69)59(86)75-49;/h5-12,15-20,23-26,37-39,47-55,58,72,83H,13-14,21-22,27-36,69H2,1-4H3,(H2,70,84)(H2,71,85)(H,73,91)(H,74,94)(H,75,86)(H,76,87)(H,77,90)(H,78,89)(H,79,93)(H,80,88)(H,81,92);1H/t47-,48-,49-,50+,51-,52-,53-,54+,55-,58-;/m0./s1. The molecule has 0 saturated carbocycles. The van der Waals surface area contributed by atoms with E-state index < -0.39 is 156 Å². The van der Waals surface area contributed by atoms with Gasteiger partial charge in [-0.1, -0.05) is 119 Å². The summed E-state index contributed by atoms with van der Waals surface area (Å²) in [6.45, 7) is 7.04. The van der Waals surface area contributed by atoms with E-state index >= 15 is 14.4 Å². The molecule has 516 valence electrons. The molecule has 10 atom stereocenters. The fourth-order valence-electron chi connectivity index (χ4n) is 11.6. The maximum absolute atomic E-state index is 15.2. The number of benzene rings is 4. The Hall–Kier alpha value is -9.89. The van der Waals surface area contributed by atoms with Crippen LogP contribution in [0.5, 0.6) is 5.75 Å². The van der Waals surface area contributed by atoms with Crippen LogP contribution in [-0.4, -0.2) is 159 Å². The van der Waals surface area contributed by atoms with Gasteiger partial charge < -0.3 is 80.0 Å². The van der Waals surface area contributed by atoms with Crippen molar-refractivity contribution in [2.24, 2.45) is 29.0 Å². The number of halogens is 1. The minimum atomic E-state index is -1.86. The average molecular weight is 1350 g/mol. The highest BCUT2D eigenvalue weighted by Gasteiger charge is 2.42. The number of H-pyrrole nitrogens is 1. The van der Waals surface area contributed by atoms with Crippen LogP contribution in [-0.2, 0) is 83.2 Å². The number of para-hydroxylation sites is 1. The highest BCUT2D eigenvalue weighted by atomic mass is 35.5. The highest BCUT2D eigenvalue weighted by Crippen LogP contribution is 2.24. The quantitative estimate of drug-likeness (QED) is 0.0536. The molecule has 27 nitrogen and oxygen atoms in total. The van der Waals surface area contributed by atoms with Crippen LogP contribution in [0.25, 0.3) is 10.9 Å². The fourth-order valence-corrected chi connectivity index (χ4v) is 11.6. The largest absolute Gasteiger partial charge is 0.508 e. The summed E-state index contributed by atoms with van der Waals surface area (Å²) in [7, 11) is 0. The smallest absolute Gasteiger partial charge is 0.246 e. The number of aromatic hydroxyl groups is 1. The van der Waals surface area contributed by atoms with Crippen molar-refractivity contribution in [2.45, 2.75) is 165 Å². The van der Waals surface area contributed by atoms with Gasteiger partial charge in [0.2, 0.25) is 70.9 Å². The molecule has 3 heterocycles. The van der Waals surface area contributed by atoms with Crippen LogP contribution in [0.15, 0.2) is 115 Å². The Labute approximate surface area is 562 Å². The molecule has 96 heavy (non-hydrogen) atoms. The molecule has 0 unspecified atom stereocenters. The van der Waals surface area contributed by atoms with Crippen molar-refractivity contribution >= 4 is 94.2 Å². The van der Waals surface area contributed by atoms with Gasteiger partial charge >= 0.3 is 0 Å². The van der Waals surface area contributed by atoms with Crippen molar-refractivity contribution in [1.82, 2.24) is 57.7 Å². The molecule has 28 heteroatoms. The zero-order chi connectivity index (χ0) is 68.9. The van der Waals surface area contributed by atoms with Crippen LogP contribution < -0.4 is 65.1 Å². The molecule has 17 N–H and O–H groups in total. The number of nitrogens with one attached hydrogen (secondary N) is 10. The SMILES string of the molecule is CC(C)C[C@@H]1NC(=O)[C@H](CCCN)NC(=O)[C@H](C(C)C)NC(=O)[C@H](Cc2ccc(O)cc2)NC(=O)[C@H](CCC(N)=O)NC(=O)[C@H](CC(N)=O)NC(=O)[C@@H](Cc2ccccc2)NC(=O)[C@H](Cc2c[nH]c3ccccc23)NC(=O)[C@@H]2CCCN2C(=O)[C@@H](Cc2ccccc2)NC1=O.Cl. The summed E-state index contributed by atoms with van der Waals surface area (Å²) < 4.78 is 0. The first-order valence-corrected chi connectivity index (χ1v) is 32.1. The third-order valence-electron chi connectivity index (χ3n) is 16.7. The number of fused-ring (bicyclic) bond motifs is 2. The molecule has 2 fully saturated rings. The Bertz CT molecular complexity index is 3540. The minimum absolute atomic E-state index is 0. The van der Waals surface area contributed by atoms with E-state index in [1.165, 1.54) is 29.2 Å². The molecule has 1 aromatic heterocycles. The van der Waals surface area contributed by atoms with Crippen LogP contribution in [0.2, 0.25) is 0 Å². The molecule has 5 aromatic rings. The number of phenols is 1. The van der Waals surface area contributed by atoms with Crippen LogP contribution in [0, 0.1) is 11.8 Å². The third-order valence-corrected chi connectivity index (χ3v) is 16.7. The fraction of sp³-hybridized carbons (Fsp3) is 0.441. The van der Waals surface area contributed by atoms with Gasteiger partial charge in [-0.05, 0) is 97.4 Å². The summed E-state index contributed by atoms with van der Waals surface area (Å²) in [4.78, 5) is 178. The Morgan fingerprint density at radius 2 is 0.969 bits per heavy atom. The highest BCUT2D eigenvalue weighted by molar-refractivity contribution is 6.01. The lowest BCUT2D eigenvalue weighted by molar-refractivity contribution is -0.142. The third kappa shape index (κ3) is 21.8. The number of rotatable bonds is 19. The summed E-state index contributed by atoms with van der Waals surface area (Å²) in [5, 5.41) is 35.2. The maximum Gasteiger partial charge on any atom is 0.246 e. The molecular formula is C68H89ClN14O13. The summed E-state index contributed by atoms with van der Waals surface area (Å²) in [6, 6.07) is 15.4. The van der Waals surface area contributed by atoms with Gasteiger partial charge in [-0.25, -0.2) is 0 Å². The lowest BCUT2D eigenvalue weighted by atomic mass is 9.98. The van der Waals surface area contributed by atoms with Gasteiger partial charge in [0.25, 0.3) is 0 Å². The Morgan fingerprint density at radius 3 is 1.54 bits per heavy atom. The molecule has 0 aliphatic carbocycles. The number of nitrogens with two attached hydrogens (primary N) is 3. The Kier molecular flexibility index (Phi) is 28.3. The number of phenolic OH excluding ortho intramolecular Hbond substituents is 1. The van der Waals surface area contributed by atoms with Gasteiger partial charge in [0.1, 0.15) is 66.2 Å². The zero-order valence-electron chi connectivity index (χ0n) is 54.2. The zero-order valence-corrected chi connectivity index (χ0v) is 55.0. The van der Waals surface area contributed by atoms with Gasteiger partial charge in [0.15, 0.2) is 0 Å². The lowest BCUT2D eigenvalue weighted by Crippen LogP contribution is -2.62. The molecule has 7 rings (SSSR count). The van der Waals surface area contributed by atoms with Crippen LogP contribution in [0.3, 0.4) is 0 Å². The predicted octanol–water partition coefficient (Wildman–Crippen LogP) is 0.516. The molecular weight excluding hydrogens is 1260 g/mol. The van der Waals surface area contributed by atoms with Crippen LogP contribution >= 0.6 is 12.4 Å². The van der Waals surface area contributed by atoms with E-state index in [1.807, 2.05) is 32.0 Å². The normalized spacial score (nSPS) is 23.4. The van der Waals surface area contributed by atoms with Gasteiger partial charge in [-0.3, -0.25) is 57.5 Å². The van der Waals surface area contributed by atoms with E-state index in [0.29, 0.717) is 39.6 Å². The number of carbonyl (C=O) groups is 12. The first-order valence-electron chi connectivity index (χ1n) is 32.1. The monoisotopic (exact) mass is 1340 g/mol. The number of primary amides is 2. The molecule has 2 aliphatic rings. The first kappa shape index (κ1) is 75.1. The Morgan fingerprint density at radius 1 is 0.510 bits per heavy atom. The van der Waals surface area contributed by atoms with E-state index in [1.54, 1.807) is 86.8 Å². The summed E-state index contributed by atoms with van der Waals surface area (Å²) in [5.74, 6) is -11.9. The minimum Gasteiger partial charge on any atom is -0.508 e. The van der Waals surface area contributed by atoms with Crippen molar-refractivity contribution in [2.75, 3.05) is 13.1 Å². The number of aromatic amines is 1. The molecule has 12 amide bonds. The van der Waals surface area contributed by atoms with E-state index in [0.717, 1.165) is 0 Å². The number of nitrogens with zero attached hydrogens (tertiary/aromatic N) is 1. The van der Waals surface area contributed by atoms with Gasteiger partial charge in [-0.15, -0.1) is 12.4 Å². The molecule has 4 aromatic carbocycles. The van der Waals surface area contributed by atoms with Gasteiger partial charge in [0.05, 0.1) is 6.42 Å². The van der Waals surface area contributed by atoms with E-state index in [9.17, 15) is 48.3 Å². The predicted molar refractivity (Wildman–Crippen MR) is 358 cm³/mol. The number of carbonyl (C=O) groups excluding carboxylic acids is 12. The Balaban J connectivity index is 0.0000146. The second kappa shape index (κ2) is 36.1. The molecule has 0 radical (unpaired) electrons. The van der Waals surface area contributed by atoms with Crippen molar-refractivity contribution in [3.8, 4) is 5.75 Å². The molecule has 2 saturated heterocycles. The number of aromatic nitrogens is 1. The van der Waals surface area contributed by atoms with E-state index in [-0.39, 0.29) is 88.5 Å². The van der Waals surface area contributed by atoms with Gasteiger partial charge in [-0.2, -0.15) is 0 Å². The number of hydrogen-bond acceptors (Lipinski definition) is 14. The van der Waals surface area contributed by atoms with Crippen molar-refractivity contribution in [1.29, 1.82) is 0 Å². The summed E-state index contributed by atoms with van der Waals surface area (Å²) in [6.07, 6.45) is -0.196. The van der Waals surface area contributed by atoms with Crippen molar-refractivity contribution in [3.63, 3.8) is 0 Å². The van der Waals surface area contributed by atoms with E-state index in [4.69, 9.17) is 17.2 Å². The van der Waals surface area contributed by atoms with Crippen molar-refractivity contribution < 1.29 is 62.6 Å². The second-order valence-electron chi connectivity index (χ2n) is 25.0. The summed E-state index contributed by atoms with van der Waals surface area (Å²) in [5.41, 5.74) is 20.0.